The lowest BCUT2D eigenvalue weighted by Gasteiger charge is -2.12. The van der Waals surface area contributed by atoms with Gasteiger partial charge in [-0.1, -0.05) is 0 Å². The van der Waals surface area contributed by atoms with Gasteiger partial charge in [0.2, 0.25) is 5.91 Å². The van der Waals surface area contributed by atoms with Crippen LogP contribution in [-0.2, 0) is 9.53 Å². The van der Waals surface area contributed by atoms with Gasteiger partial charge in [-0.3, -0.25) is 4.79 Å². The van der Waals surface area contributed by atoms with Crippen molar-refractivity contribution >= 4 is 23.3 Å². The van der Waals surface area contributed by atoms with Crippen LogP contribution >= 0.6 is 0 Å². The Bertz CT molecular complexity index is 774. The molecule has 2 aromatic rings. The average Bonchev–Trinajstić information content (AvgIpc) is 2.68. The van der Waals surface area contributed by atoms with Crippen molar-refractivity contribution in [1.82, 2.24) is 0 Å². The lowest BCUT2D eigenvalue weighted by molar-refractivity contribution is -0.115. The maximum absolute atomic E-state index is 12.1. The molecule has 0 atom stereocenters. The van der Waals surface area contributed by atoms with Crippen LogP contribution in [0, 0.1) is 0 Å². The molecule has 2 N–H and O–H groups in total. The van der Waals surface area contributed by atoms with E-state index >= 15 is 0 Å². The van der Waals surface area contributed by atoms with Gasteiger partial charge in [0.1, 0.15) is 11.5 Å². The van der Waals surface area contributed by atoms with Gasteiger partial charge >= 0.3 is 5.97 Å². The quantitative estimate of drug-likeness (QED) is 0.657. The zero-order chi connectivity index (χ0) is 19.6. The molecular weight excluding hydrogens is 348 g/mol. The zero-order valence-electron chi connectivity index (χ0n) is 15.7. The molecule has 7 heteroatoms. The lowest BCUT2D eigenvalue weighted by atomic mass is 10.2. The molecule has 0 fully saturated rings. The van der Waals surface area contributed by atoms with Gasteiger partial charge in [-0.25, -0.2) is 4.79 Å². The average molecular weight is 372 g/mol. The maximum Gasteiger partial charge on any atom is 0.338 e. The molecule has 0 bridgehead atoms. The molecule has 1 amide bonds. The predicted molar refractivity (Wildman–Crippen MR) is 104 cm³/mol. The molecule has 0 heterocycles. The molecule has 0 aromatic heterocycles. The summed E-state index contributed by atoms with van der Waals surface area (Å²) < 4.78 is 15.4. The van der Waals surface area contributed by atoms with Crippen molar-refractivity contribution in [3.05, 3.63) is 48.0 Å². The Hall–Kier alpha value is -3.22. The first-order valence-corrected chi connectivity index (χ1v) is 8.60. The standard InChI is InChI=1S/C20H24N2O5/c1-4-27-20(24)14-5-7-15(8-6-14)22-19(23)11-12-21-17-10-9-16(25-2)13-18(17)26-3/h5-10,13,21H,4,11-12H2,1-3H3,(H,22,23). The third-order valence-electron chi connectivity index (χ3n) is 3.76. The van der Waals surface area contributed by atoms with Gasteiger partial charge < -0.3 is 24.8 Å². The van der Waals surface area contributed by atoms with E-state index in [1.807, 2.05) is 12.1 Å². The highest BCUT2D eigenvalue weighted by Gasteiger charge is 2.08. The molecule has 0 saturated heterocycles. The van der Waals surface area contributed by atoms with Crippen LogP contribution in [0.25, 0.3) is 0 Å². The first-order valence-electron chi connectivity index (χ1n) is 8.60. The summed E-state index contributed by atoms with van der Waals surface area (Å²) in [5, 5.41) is 5.96. The van der Waals surface area contributed by atoms with Gasteiger partial charge in [0, 0.05) is 24.7 Å². The fraction of sp³-hybridized carbons (Fsp3) is 0.300. The van der Waals surface area contributed by atoms with Crippen molar-refractivity contribution in [3.8, 4) is 11.5 Å². The summed E-state index contributed by atoms with van der Waals surface area (Å²) in [4.78, 5) is 23.7. The van der Waals surface area contributed by atoms with E-state index < -0.39 is 0 Å². The highest BCUT2D eigenvalue weighted by Crippen LogP contribution is 2.28. The summed E-state index contributed by atoms with van der Waals surface area (Å²) in [6, 6.07) is 12.0. The Morgan fingerprint density at radius 3 is 2.37 bits per heavy atom. The maximum atomic E-state index is 12.1. The molecule has 144 valence electrons. The molecule has 27 heavy (non-hydrogen) atoms. The number of benzene rings is 2. The first kappa shape index (κ1) is 20.1. The number of ether oxygens (including phenoxy) is 3. The molecule has 0 aliphatic carbocycles. The second-order valence-electron chi connectivity index (χ2n) is 5.59. The number of carbonyl (C=O) groups is 2. The highest BCUT2D eigenvalue weighted by molar-refractivity contribution is 5.93. The fourth-order valence-electron chi connectivity index (χ4n) is 2.38. The van der Waals surface area contributed by atoms with Crippen molar-refractivity contribution in [1.29, 1.82) is 0 Å². The number of carbonyl (C=O) groups excluding carboxylic acids is 2. The summed E-state index contributed by atoms with van der Waals surface area (Å²) in [5.41, 5.74) is 1.85. The van der Waals surface area contributed by atoms with Crippen LogP contribution in [0.15, 0.2) is 42.5 Å². The molecule has 7 nitrogen and oxygen atoms in total. The molecular formula is C20H24N2O5. The van der Waals surface area contributed by atoms with E-state index in [0.717, 1.165) is 5.69 Å². The minimum Gasteiger partial charge on any atom is -0.497 e. The number of hydrogen-bond donors (Lipinski definition) is 2. The summed E-state index contributed by atoms with van der Waals surface area (Å²) in [6.07, 6.45) is 0.273. The first-order chi connectivity index (χ1) is 13.1. The minimum absolute atomic E-state index is 0.140. The van der Waals surface area contributed by atoms with Crippen LogP contribution in [0.1, 0.15) is 23.7 Å². The van der Waals surface area contributed by atoms with E-state index in [1.165, 1.54) is 0 Å². The van der Waals surface area contributed by atoms with Crippen LogP contribution < -0.4 is 20.1 Å². The van der Waals surface area contributed by atoms with Crippen molar-refractivity contribution < 1.29 is 23.8 Å². The summed E-state index contributed by atoms with van der Waals surface area (Å²) in [7, 11) is 3.16. The number of anilines is 2. The molecule has 2 rings (SSSR count). The second-order valence-corrected chi connectivity index (χ2v) is 5.59. The van der Waals surface area contributed by atoms with E-state index in [2.05, 4.69) is 10.6 Å². The van der Waals surface area contributed by atoms with Crippen LogP contribution in [0.4, 0.5) is 11.4 Å². The van der Waals surface area contributed by atoms with Crippen LogP contribution in [0.2, 0.25) is 0 Å². The van der Waals surface area contributed by atoms with Gasteiger partial charge in [0.25, 0.3) is 0 Å². The topological polar surface area (TPSA) is 85.9 Å². The van der Waals surface area contributed by atoms with E-state index in [1.54, 1.807) is 51.5 Å². The lowest BCUT2D eigenvalue weighted by Crippen LogP contribution is -2.16. The van der Waals surface area contributed by atoms with E-state index in [4.69, 9.17) is 14.2 Å². The van der Waals surface area contributed by atoms with Gasteiger partial charge in [-0.2, -0.15) is 0 Å². The third-order valence-corrected chi connectivity index (χ3v) is 3.76. The number of esters is 1. The van der Waals surface area contributed by atoms with Gasteiger partial charge in [0.15, 0.2) is 0 Å². The van der Waals surface area contributed by atoms with E-state index in [-0.39, 0.29) is 18.3 Å². The van der Waals surface area contributed by atoms with Crippen molar-refractivity contribution in [3.63, 3.8) is 0 Å². The third kappa shape index (κ3) is 5.91. The number of methoxy groups -OCH3 is 2. The van der Waals surface area contributed by atoms with Crippen LogP contribution in [-0.4, -0.2) is 39.2 Å². The number of hydrogen-bond acceptors (Lipinski definition) is 6. The zero-order valence-corrected chi connectivity index (χ0v) is 15.7. The molecule has 0 aliphatic heterocycles. The summed E-state index contributed by atoms with van der Waals surface area (Å²) >= 11 is 0. The summed E-state index contributed by atoms with van der Waals surface area (Å²) in [5.74, 6) is 0.817. The molecule has 0 radical (unpaired) electrons. The normalized spacial score (nSPS) is 10.0. The Balaban J connectivity index is 1.83. The van der Waals surface area contributed by atoms with Crippen LogP contribution in [0.5, 0.6) is 11.5 Å². The molecule has 0 spiro atoms. The predicted octanol–water partition coefficient (Wildman–Crippen LogP) is 3.32. The van der Waals surface area contributed by atoms with E-state index in [0.29, 0.717) is 35.9 Å². The van der Waals surface area contributed by atoms with Gasteiger partial charge in [0.05, 0.1) is 32.1 Å². The number of nitrogens with one attached hydrogen (secondary N) is 2. The number of rotatable bonds is 9. The SMILES string of the molecule is CCOC(=O)c1ccc(NC(=O)CCNc2ccc(OC)cc2OC)cc1. The largest absolute Gasteiger partial charge is 0.497 e. The molecule has 0 unspecified atom stereocenters. The number of amides is 1. The summed E-state index contributed by atoms with van der Waals surface area (Å²) in [6.45, 7) is 2.51. The van der Waals surface area contributed by atoms with Crippen molar-refractivity contribution in [2.45, 2.75) is 13.3 Å². The van der Waals surface area contributed by atoms with Gasteiger partial charge in [-0.05, 0) is 43.3 Å². The monoisotopic (exact) mass is 372 g/mol. The van der Waals surface area contributed by atoms with E-state index in [9.17, 15) is 9.59 Å². The van der Waals surface area contributed by atoms with Crippen LogP contribution in [0.3, 0.4) is 0 Å². The van der Waals surface area contributed by atoms with Gasteiger partial charge in [-0.15, -0.1) is 0 Å². The minimum atomic E-state index is -0.381. The smallest absolute Gasteiger partial charge is 0.338 e. The van der Waals surface area contributed by atoms with Crippen molar-refractivity contribution in [2.24, 2.45) is 0 Å². The fourth-order valence-corrected chi connectivity index (χ4v) is 2.38. The Morgan fingerprint density at radius 2 is 1.74 bits per heavy atom. The van der Waals surface area contributed by atoms with Crippen molar-refractivity contribution in [2.75, 3.05) is 38.0 Å². The highest BCUT2D eigenvalue weighted by atomic mass is 16.5. The molecule has 0 aliphatic rings. The molecule has 0 saturated carbocycles. The Morgan fingerprint density at radius 1 is 1.00 bits per heavy atom. The molecule has 2 aromatic carbocycles. The second kappa shape index (κ2) is 10.1. The Kier molecular flexibility index (Phi) is 7.49. The Labute approximate surface area is 158 Å².